The predicted molar refractivity (Wildman–Crippen MR) is 110 cm³/mol. The molecule has 25 heavy (non-hydrogen) atoms. The number of alkyl halides is 2. The Bertz CT molecular complexity index is 733. The molecular weight excluding hydrogens is 588 g/mol. The van der Waals surface area contributed by atoms with Gasteiger partial charge >= 0.3 is 5.97 Å². The molecule has 1 aromatic rings. The molecule has 0 heterocycles. The zero-order valence-corrected chi connectivity index (χ0v) is 20.0. The van der Waals surface area contributed by atoms with Gasteiger partial charge in [0, 0.05) is 36.0 Å². The highest BCUT2D eigenvalue weighted by atomic mass is 79.9. The average Bonchev–Trinajstić information content (AvgIpc) is 2.84. The largest absolute Gasteiger partial charge is 0.460 e. The third-order valence-corrected chi connectivity index (χ3v) is 11.4. The summed E-state index contributed by atoms with van der Waals surface area (Å²) in [6.45, 7) is 1.40. The van der Waals surface area contributed by atoms with Crippen LogP contribution in [0.25, 0.3) is 0 Å². The first-order chi connectivity index (χ1) is 11.7. The van der Waals surface area contributed by atoms with E-state index in [9.17, 15) is 4.79 Å². The van der Waals surface area contributed by atoms with E-state index < -0.39 is 20.5 Å². The molecule has 3 rings (SSSR count). The second kappa shape index (κ2) is 6.71. The molecule has 2 bridgehead atoms. The van der Waals surface area contributed by atoms with Crippen LogP contribution in [0.1, 0.15) is 18.4 Å². The Hall–Kier alpha value is 0.270. The van der Waals surface area contributed by atoms with Gasteiger partial charge in [0.1, 0.15) is 10.4 Å². The van der Waals surface area contributed by atoms with Gasteiger partial charge in [0.25, 0.3) is 0 Å². The summed E-state index contributed by atoms with van der Waals surface area (Å²) >= 11 is 15.1. The van der Waals surface area contributed by atoms with Gasteiger partial charge in [0.05, 0.1) is 0 Å². The molecule has 1 fully saturated rings. The van der Waals surface area contributed by atoms with E-state index in [1.165, 1.54) is 6.92 Å². The molecule has 2 aliphatic rings. The van der Waals surface area contributed by atoms with Crippen LogP contribution < -0.4 is 0 Å². The summed E-state index contributed by atoms with van der Waals surface area (Å²) in [5, 5.41) is 0. The number of rotatable bonds is 4. The molecular formula is C17H16Br4O4. The van der Waals surface area contributed by atoms with Gasteiger partial charge in [-0.25, -0.2) is 0 Å². The summed E-state index contributed by atoms with van der Waals surface area (Å²) in [5.41, 5.74) is 1.00. The molecule has 1 aromatic carbocycles. The Labute approximate surface area is 180 Å². The molecule has 0 aromatic heterocycles. The fourth-order valence-corrected chi connectivity index (χ4v) is 8.98. The van der Waals surface area contributed by atoms with Gasteiger partial charge in [0.2, 0.25) is 5.79 Å². The number of hydrogen-bond acceptors (Lipinski definition) is 4. The van der Waals surface area contributed by atoms with Crippen molar-refractivity contribution >= 4 is 69.7 Å². The molecule has 136 valence electrons. The van der Waals surface area contributed by atoms with Crippen LogP contribution in [0.2, 0.25) is 0 Å². The van der Waals surface area contributed by atoms with Gasteiger partial charge in [-0.05, 0) is 5.56 Å². The highest BCUT2D eigenvalue weighted by molar-refractivity contribution is 9.16. The monoisotopic (exact) mass is 600 g/mol. The van der Waals surface area contributed by atoms with E-state index in [2.05, 4.69) is 63.7 Å². The highest BCUT2D eigenvalue weighted by Gasteiger charge is 2.85. The fraction of sp³-hybridized carbons (Fsp3) is 0.471. The lowest BCUT2D eigenvalue weighted by Crippen LogP contribution is -2.57. The van der Waals surface area contributed by atoms with Crippen LogP contribution in [0.5, 0.6) is 0 Å². The van der Waals surface area contributed by atoms with Crippen LogP contribution in [-0.2, 0) is 19.0 Å². The Morgan fingerprint density at radius 3 is 2.00 bits per heavy atom. The molecule has 0 radical (unpaired) electrons. The molecule has 4 atom stereocenters. The van der Waals surface area contributed by atoms with Gasteiger partial charge < -0.3 is 14.2 Å². The highest BCUT2D eigenvalue weighted by Crippen LogP contribution is 2.76. The minimum Gasteiger partial charge on any atom is -0.460 e. The summed E-state index contributed by atoms with van der Waals surface area (Å²) < 4.78 is 17.5. The van der Waals surface area contributed by atoms with E-state index in [4.69, 9.17) is 14.2 Å². The Kier molecular flexibility index (Phi) is 5.37. The number of ether oxygens (including phenoxy) is 3. The lowest BCUT2D eigenvalue weighted by molar-refractivity contribution is -0.216. The van der Waals surface area contributed by atoms with E-state index in [1.807, 2.05) is 30.3 Å². The smallest absolute Gasteiger partial charge is 0.302 e. The Morgan fingerprint density at radius 1 is 1.00 bits per heavy atom. The maximum Gasteiger partial charge on any atom is 0.302 e. The minimum atomic E-state index is -1.15. The molecule has 0 N–H and O–H groups in total. The Morgan fingerprint density at radius 2 is 1.52 bits per heavy atom. The number of carbonyl (C=O) groups excluding carboxylic acids is 1. The summed E-state index contributed by atoms with van der Waals surface area (Å²) in [7, 11) is 3.17. The van der Waals surface area contributed by atoms with E-state index in [0.29, 0.717) is 0 Å². The van der Waals surface area contributed by atoms with Gasteiger partial charge in [-0.2, -0.15) is 0 Å². The van der Waals surface area contributed by atoms with Crippen LogP contribution in [0, 0.1) is 0 Å². The van der Waals surface area contributed by atoms with E-state index in [1.54, 1.807) is 14.2 Å². The molecule has 0 spiro atoms. The molecule has 0 saturated heterocycles. The van der Waals surface area contributed by atoms with Crippen molar-refractivity contribution in [3.8, 4) is 0 Å². The fourth-order valence-electron chi connectivity index (χ4n) is 4.04. The molecule has 0 aliphatic heterocycles. The molecule has 0 amide bonds. The quantitative estimate of drug-likeness (QED) is 0.277. The van der Waals surface area contributed by atoms with Crippen molar-refractivity contribution < 1.29 is 19.0 Å². The average molecular weight is 604 g/mol. The van der Waals surface area contributed by atoms with Crippen molar-refractivity contribution in [3.63, 3.8) is 0 Å². The summed E-state index contributed by atoms with van der Waals surface area (Å²) in [4.78, 5) is 11.9. The van der Waals surface area contributed by atoms with Gasteiger partial charge in [-0.1, -0.05) is 94.1 Å². The van der Waals surface area contributed by atoms with Crippen LogP contribution in [0.3, 0.4) is 0 Å². The predicted octanol–water partition coefficient (Wildman–Crippen LogP) is 4.99. The van der Waals surface area contributed by atoms with E-state index >= 15 is 0 Å². The van der Waals surface area contributed by atoms with Crippen molar-refractivity contribution in [3.05, 3.63) is 44.9 Å². The first-order valence-corrected chi connectivity index (χ1v) is 10.7. The summed E-state index contributed by atoms with van der Waals surface area (Å²) in [5.74, 6) is -1.78. The van der Waals surface area contributed by atoms with Crippen molar-refractivity contribution in [2.75, 3.05) is 14.2 Å². The summed E-state index contributed by atoms with van der Waals surface area (Å²) in [6, 6.07) is 9.87. The number of methoxy groups -OCH3 is 2. The molecule has 2 aliphatic carbocycles. The number of halogens is 4. The van der Waals surface area contributed by atoms with Crippen molar-refractivity contribution in [1.29, 1.82) is 0 Å². The first kappa shape index (κ1) is 20.0. The lowest BCUT2D eigenvalue weighted by Gasteiger charge is -2.41. The second-order valence-electron chi connectivity index (χ2n) is 5.99. The third-order valence-electron chi connectivity index (χ3n) is 4.94. The maximum absolute atomic E-state index is 11.9. The number of fused-ring (bicyclic) bond motifs is 2. The van der Waals surface area contributed by atoms with Gasteiger partial charge in [-0.3, -0.25) is 4.79 Å². The van der Waals surface area contributed by atoms with E-state index in [-0.39, 0.29) is 11.9 Å². The number of esters is 1. The zero-order valence-electron chi connectivity index (χ0n) is 13.7. The second-order valence-corrected chi connectivity index (χ2v) is 10.1. The standard InChI is InChI=1S/C17H16Br4O4/c1-9(22)25-14-11(10-7-5-4-6-8-10)15(20)12(18)13(19)16(14,21)17(15,23-2)24-3/h4-8,11,14H,1-3H3/t11-,14+,15-,16-/m1/s1. The van der Waals surface area contributed by atoms with Crippen LogP contribution in [0.15, 0.2) is 39.3 Å². The zero-order chi connectivity index (χ0) is 18.6. The van der Waals surface area contributed by atoms with Gasteiger partial charge in [-0.15, -0.1) is 0 Å². The molecule has 4 nitrogen and oxygen atoms in total. The minimum absolute atomic E-state index is 0.257. The van der Waals surface area contributed by atoms with E-state index in [0.717, 1.165) is 14.5 Å². The van der Waals surface area contributed by atoms with Gasteiger partial charge in [0.15, 0.2) is 4.32 Å². The van der Waals surface area contributed by atoms with Crippen molar-refractivity contribution in [1.82, 2.24) is 0 Å². The number of hydrogen-bond donors (Lipinski definition) is 0. The van der Waals surface area contributed by atoms with Crippen LogP contribution in [0.4, 0.5) is 0 Å². The lowest BCUT2D eigenvalue weighted by atomic mass is 9.84. The summed E-state index contributed by atoms with van der Waals surface area (Å²) in [6.07, 6.45) is -0.567. The van der Waals surface area contributed by atoms with Crippen LogP contribution in [-0.4, -0.2) is 40.7 Å². The third kappa shape index (κ3) is 2.30. The van der Waals surface area contributed by atoms with Crippen molar-refractivity contribution in [2.45, 2.75) is 33.4 Å². The van der Waals surface area contributed by atoms with Crippen molar-refractivity contribution in [2.24, 2.45) is 0 Å². The SMILES string of the molecule is COC1(OC)[C@@]2(Br)C(Br)=C(Br)[C@]1(Br)[C@H](c1ccccc1)[C@@H]2OC(C)=O. The normalized spacial score (nSPS) is 36.0. The molecule has 8 heteroatoms. The first-order valence-electron chi connectivity index (χ1n) is 7.48. The number of benzene rings is 1. The molecule has 1 saturated carbocycles. The maximum atomic E-state index is 11.9. The topological polar surface area (TPSA) is 44.8 Å². The van der Waals surface area contributed by atoms with Crippen LogP contribution >= 0.6 is 63.7 Å². The Balaban J connectivity index is 2.33. The molecule has 0 unspecified atom stereocenters. The number of carbonyl (C=O) groups is 1.